The number of rotatable bonds is 3. The second-order valence-corrected chi connectivity index (χ2v) is 4.35. The Morgan fingerprint density at radius 1 is 1.21 bits per heavy atom. The Hall–Kier alpha value is -0.0800. The zero-order valence-electron chi connectivity index (χ0n) is 10.1. The van der Waals surface area contributed by atoms with E-state index in [0.717, 1.165) is 11.8 Å². The van der Waals surface area contributed by atoms with Crippen LogP contribution in [0.15, 0.2) is 0 Å². The van der Waals surface area contributed by atoms with Crippen LogP contribution in [-0.2, 0) is 0 Å². The molecule has 2 heteroatoms. The van der Waals surface area contributed by atoms with Gasteiger partial charge >= 0.3 is 0 Å². The van der Waals surface area contributed by atoms with E-state index in [9.17, 15) is 0 Å². The van der Waals surface area contributed by atoms with Crippen molar-refractivity contribution in [3.8, 4) is 0 Å². The van der Waals surface area contributed by atoms with Gasteiger partial charge in [0.25, 0.3) is 0 Å². The summed E-state index contributed by atoms with van der Waals surface area (Å²) in [6, 6.07) is 0. The lowest BCUT2D eigenvalue weighted by Crippen LogP contribution is -2.48. The van der Waals surface area contributed by atoms with Gasteiger partial charge in [0, 0.05) is 19.6 Å². The molecule has 2 aliphatic rings. The third kappa shape index (κ3) is 3.25. The van der Waals surface area contributed by atoms with E-state index in [1.54, 1.807) is 0 Å². The maximum Gasteiger partial charge on any atom is 0.00225 e. The maximum absolute atomic E-state index is 3.42. The highest BCUT2D eigenvalue weighted by Crippen LogP contribution is 2.21. The molecule has 2 fully saturated rings. The van der Waals surface area contributed by atoms with Gasteiger partial charge in [-0.05, 0) is 31.3 Å². The lowest BCUT2D eigenvalue weighted by Gasteiger charge is -2.40. The predicted molar refractivity (Wildman–Crippen MR) is 62.5 cm³/mol. The third-order valence-electron chi connectivity index (χ3n) is 3.29. The first-order chi connectivity index (χ1) is 6.88. The summed E-state index contributed by atoms with van der Waals surface area (Å²) in [5, 5.41) is 3.42. The van der Waals surface area contributed by atoms with Crippen LogP contribution in [0.1, 0.15) is 33.6 Å². The van der Waals surface area contributed by atoms with Gasteiger partial charge in [-0.1, -0.05) is 27.2 Å². The van der Waals surface area contributed by atoms with Crippen molar-refractivity contribution in [3.63, 3.8) is 0 Å². The van der Waals surface area contributed by atoms with Crippen molar-refractivity contribution in [2.24, 2.45) is 11.8 Å². The molecule has 2 saturated heterocycles. The number of hydrogen-bond donors (Lipinski definition) is 1. The van der Waals surface area contributed by atoms with E-state index in [2.05, 4.69) is 17.1 Å². The minimum Gasteiger partial charge on any atom is -0.316 e. The van der Waals surface area contributed by atoms with Gasteiger partial charge in [0.15, 0.2) is 0 Å². The van der Waals surface area contributed by atoms with Crippen molar-refractivity contribution in [1.82, 2.24) is 10.2 Å². The van der Waals surface area contributed by atoms with Gasteiger partial charge in [0.1, 0.15) is 0 Å². The van der Waals surface area contributed by atoms with Gasteiger partial charge in [-0.2, -0.15) is 0 Å². The van der Waals surface area contributed by atoms with Crippen molar-refractivity contribution in [2.45, 2.75) is 33.6 Å². The zero-order chi connectivity index (χ0) is 10.4. The average Bonchev–Trinajstić information content (AvgIpc) is 2.66. The largest absolute Gasteiger partial charge is 0.316 e. The number of nitrogens with zero attached hydrogens (tertiary/aromatic N) is 1. The van der Waals surface area contributed by atoms with Gasteiger partial charge in [-0.3, -0.25) is 0 Å². The molecule has 0 aromatic rings. The number of likely N-dealkylation sites (tertiary alicyclic amines) is 1. The van der Waals surface area contributed by atoms with Crippen molar-refractivity contribution < 1.29 is 0 Å². The van der Waals surface area contributed by atoms with Gasteiger partial charge in [-0.15, -0.1) is 0 Å². The van der Waals surface area contributed by atoms with Crippen LogP contribution >= 0.6 is 0 Å². The van der Waals surface area contributed by atoms with Crippen LogP contribution in [0.25, 0.3) is 0 Å². The second-order valence-electron chi connectivity index (χ2n) is 4.35. The number of nitrogens with one attached hydrogen (secondary N) is 1. The van der Waals surface area contributed by atoms with Crippen LogP contribution in [-0.4, -0.2) is 37.6 Å². The van der Waals surface area contributed by atoms with E-state index < -0.39 is 0 Å². The first-order valence-corrected chi connectivity index (χ1v) is 6.31. The fourth-order valence-electron chi connectivity index (χ4n) is 2.32. The Kier molecular flexibility index (Phi) is 5.49. The van der Waals surface area contributed by atoms with Crippen molar-refractivity contribution in [3.05, 3.63) is 0 Å². The SMILES string of the molecule is CC.CCC1CN(CC2CCNC2)C1. The highest BCUT2D eigenvalue weighted by Gasteiger charge is 2.27. The first-order valence-electron chi connectivity index (χ1n) is 6.31. The molecule has 84 valence electrons. The van der Waals surface area contributed by atoms with Gasteiger partial charge in [-0.25, -0.2) is 0 Å². The third-order valence-corrected chi connectivity index (χ3v) is 3.29. The Balaban J connectivity index is 0.000000461. The summed E-state index contributed by atoms with van der Waals surface area (Å²) in [6.07, 6.45) is 2.77. The maximum atomic E-state index is 3.42. The molecule has 0 aliphatic carbocycles. The predicted octanol–water partition coefficient (Wildman–Crippen LogP) is 1.96. The van der Waals surface area contributed by atoms with Crippen LogP contribution in [0.4, 0.5) is 0 Å². The quantitative estimate of drug-likeness (QED) is 0.746. The minimum absolute atomic E-state index is 0.947. The first kappa shape index (κ1) is 12.0. The average molecular weight is 198 g/mol. The van der Waals surface area contributed by atoms with Crippen molar-refractivity contribution in [2.75, 3.05) is 32.7 Å². The summed E-state index contributed by atoms with van der Waals surface area (Å²) in [7, 11) is 0. The highest BCUT2D eigenvalue weighted by atomic mass is 15.2. The van der Waals surface area contributed by atoms with Gasteiger partial charge in [0.05, 0.1) is 0 Å². The summed E-state index contributed by atoms with van der Waals surface area (Å²) in [5.41, 5.74) is 0. The normalized spacial score (nSPS) is 28.1. The molecule has 1 unspecified atom stereocenters. The Morgan fingerprint density at radius 2 is 1.93 bits per heavy atom. The molecule has 0 spiro atoms. The van der Waals surface area contributed by atoms with Crippen molar-refractivity contribution in [1.29, 1.82) is 0 Å². The van der Waals surface area contributed by atoms with E-state index in [4.69, 9.17) is 0 Å². The molecule has 2 nitrogen and oxygen atoms in total. The van der Waals surface area contributed by atoms with E-state index >= 15 is 0 Å². The summed E-state index contributed by atoms with van der Waals surface area (Å²) >= 11 is 0. The monoisotopic (exact) mass is 198 g/mol. The Morgan fingerprint density at radius 3 is 2.43 bits per heavy atom. The molecule has 14 heavy (non-hydrogen) atoms. The van der Waals surface area contributed by atoms with Gasteiger partial charge in [0.2, 0.25) is 0 Å². The summed E-state index contributed by atoms with van der Waals surface area (Å²) in [6.45, 7) is 12.9. The summed E-state index contributed by atoms with van der Waals surface area (Å²) in [5.74, 6) is 1.96. The molecule has 2 rings (SSSR count). The molecular weight excluding hydrogens is 172 g/mol. The van der Waals surface area contributed by atoms with Crippen LogP contribution in [0, 0.1) is 11.8 Å². The van der Waals surface area contributed by atoms with E-state index in [-0.39, 0.29) is 0 Å². The molecule has 2 aliphatic heterocycles. The van der Waals surface area contributed by atoms with Crippen LogP contribution in [0.5, 0.6) is 0 Å². The molecule has 0 radical (unpaired) electrons. The lowest BCUT2D eigenvalue weighted by molar-refractivity contribution is 0.0821. The van der Waals surface area contributed by atoms with Crippen LogP contribution in [0.2, 0.25) is 0 Å². The molecule has 0 bridgehead atoms. The van der Waals surface area contributed by atoms with Crippen LogP contribution in [0.3, 0.4) is 0 Å². The molecule has 0 aromatic heterocycles. The molecule has 2 heterocycles. The fourth-order valence-corrected chi connectivity index (χ4v) is 2.32. The molecule has 0 aromatic carbocycles. The van der Waals surface area contributed by atoms with Gasteiger partial charge < -0.3 is 10.2 Å². The molecule has 1 N–H and O–H groups in total. The Bertz CT molecular complexity index is 135. The van der Waals surface area contributed by atoms with E-state index in [1.165, 1.54) is 45.6 Å². The second kappa shape index (κ2) is 6.41. The van der Waals surface area contributed by atoms with Crippen LogP contribution < -0.4 is 5.32 Å². The Labute approximate surface area is 89.1 Å². The molecule has 0 amide bonds. The zero-order valence-corrected chi connectivity index (χ0v) is 10.1. The molecule has 0 saturated carbocycles. The standard InChI is InChI=1S/C10H20N2.C2H6/c1-2-9-6-12(7-9)8-10-3-4-11-5-10;1-2/h9-11H,2-8H2,1H3;1-2H3. The van der Waals surface area contributed by atoms with E-state index in [0.29, 0.717) is 0 Å². The minimum atomic E-state index is 0.947. The topological polar surface area (TPSA) is 15.3 Å². The highest BCUT2D eigenvalue weighted by molar-refractivity contribution is 4.82. The number of hydrogen-bond acceptors (Lipinski definition) is 2. The molecular formula is C12H26N2. The van der Waals surface area contributed by atoms with Crippen molar-refractivity contribution >= 4 is 0 Å². The summed E-state index contributed by atoms with van der Waals surface area (Å²) in [4.78, 5) is 2.62. The fraction of sp³-hybridized carbons (Fsp3) is 1.00. The molecule has 1 atom stereocenters. The lowest BCUT2D eigenvalue weighted by atomic mass is 9.95. The van der Waals surface area contributed by atoms with E-state index in [1.807, 2.05) is 13.8 Å². The summed E-state index contributed by atoms with van der Waals surface area (Å²) < 4.78 is 0. The smallest absolute Gasteiger partial charge is 0.00225 e.